The topological polar surface area (TPSA) is 54.6 Å². The summed E-state index contributed by atoms with van der Waals surface area (Å²) in [6.45, 7) is 3.70. The molecule has 1 unspecified atom stereocenters. The highest BCUT2D eigenvalue weighted by Crippen LogP contribution is 2.25. The van der Waals surface area contributed by atoms with Gasteiger partial charge in [0.15, 0.2) is 4.80 Å². The molecule has 0 aliphatic rings. The number of hydrogen-bond donors (Lipinski definition) is 1. The molecule has 0 fully saturated rings. The van der Waals surface area contributed by atoms with Crippen LogP contribution in [0.4, 0.5) is 10.1 Å². The second-order valence-corrected chi connectivity index (χ2v) is 5.93. The number of aryl methyl sites for hydroxylation is 1. The maximum absolute atomic E-state index is 13.7. The molecule has 0 radical (unpaired) electrons. The molecular formula is C15H17FN2O2S. The van der Waals surface area contributed by atoms with Crippen molar-refractivity contribution in [2.45, 2.75) is 26.2 Å². The lowest BCUT2D eigenvalue weighted by Crippen LogP contribution is -2.20. The molecule has 0 saturated heterocycles. The van der Waals surface area contributed by atoms with Gasteiger partial charge < -0.3 is 9.67 Å². The summed E-state index contributed by atoms with van der Waals surface area (Å²) in [4.78, 5) is 17.1. The quantitative estimate of drug-likeness (QED) is 0.941. The number of rotatable bonds is 4. The van der Waals surface area contributed by atoms with E-state index in [0.29, 0.717) is 11.2 Å². The molecule has 1 atom stereocenters. The third-order valence-corrected chi connectivity index (χ3v) is 4.42. The van der Waals surface area contributed by atoms with Crippen molar-refractivity contribution in [1.82, 2.24) is 4.57 Å². The molecule has 112 valence electrons. The molecule has 0 spiro atoms. The van der Waals surface area contributed by atoms with Gasteiger partial charge in [0.1, 0.15) is 11.5 Å². The first-order valence-electron chi connectivity index (χ1n) is 6.64. The lowest BCUT2D eigenvalue weighted by molar-refractivity contribution is -0.139. The average Bonchev–Trinajstić information content (AvgIpc) is 2.70. The van der Waals surface area contributed by atoms with Gasteiger partial charge in [0.2, 0.25) is 0 Å². The second kappa shape index (κ2) is 6.22. The number of hydrogen-bond acceptors (Lipinski definition) is 3. The van der Waals surface area contributed by atoms with Gasteiger partial charge in [0.05, 0.1) is 5.92 Å². The first-order valence-corrected chi connectivity index (χ1v) is 7.45. The monoisotopic (exact) mass is 308 g/mol. The molecule has 2 aromatic rings. The van der Waals surface area contributed by atoms with Crippen LogP contribution in [0, 0.1) is 12.7 Å². The van der Waals surface area contributed by atoms with Crippen molar-refractivity contribution in [2.75, 3.05) is 0 Å². The summed E-state index contributed by atoms with van der Waals surface area (Å²) in [7, 11) is 1.77. The van der Waals surface area contributed by atoms with Gasteiger partial charge in [-0.2, -0.15) is 0 Å². The Bertz CT molecular complexity index is 734. The summed E-state index contributed by atoms with van der Waals surface area (Å²) >= 11 is 1.37. The number of benzene rings is 1. The third-order valence-electron chi connectivity index (χ3n) is 3.36. The van der Waals surface area contributed by atoms with E-state index in [1.54, 1.807) is 29.8 Å². The summed E-state index contributed by atoms with van der Waals surface area (Å²) in [6.07, 6.45) is 0.500. The molecule has 21 heavy (non-hydrogen) atoms. The highest BCUT2D eigenvalue weighted by molar-refractivity contribution is 7.09. The van der Waals surface area contributed by atoms with E-state index in [2.05, 4.69) is 4.99 Å². The van der Waals surface area contributed by atoms with Crippen molar-refractivity contribution in [2.24, 2.45) is 12.0 Å². The molecule has 0 aliphatic heterocycles. The second-order valence-electron chi connectivity index (χ2n) is 4.75. The Morgan fingerprint density at radius 3 is 2.71 bits per heavy atom. The SMILES string of the molecule is CCC(C(=O)O)c1c(C)sc(=Nc2ccccc2F)n1C. The van der Waals surface area contributed by atoms with Crippen molar-refractivity contribution in [3.63, 3.8) is 0 Å². The first-order chi connectivity index (χ1) is 9.95. The molecule has 1 heterocycles. The lowest BCUT2D eigenvalue weighted by atomic mass is 10.0. The molecule has 1 N–H and O–H groups in total. The van der Waals surface area contributed by atoms with E-state index >= 15 is 0 Å². The molecule has 4 nitrogen and oxygen atoms in total. The van der Waals surface area contributed by atoms with Crippen LogP contribution in [0.1, 0.15) is 29.8 Å². The standard InChI is InChI=1S/C15H17FN2O2S/c1-4-10(14(19)20)13-9(2)21-15(18(13)3)17-12-8-6-5-7-11(12)16/h5-8,10H,4H2,1-3H3,(H,19,20). The van der Waals surface area contributed by atoms with Crippen molar-refractivity contribution >= 4 is 23.0 Å². The van der Waals surface area contributed by atoms with Gasteiger partial charge in [0, 0.05) is 17.6 Å². The number of aliphatic carboxylic acids is 1. The fourth-order valence-electron chi connectivity index (χ4n) is 2.30. The van der Waals surface area contributed by atoms with E-state index in [-0.39, 0.29) is 5.69 Å². The molecule has 0 aliphatic carbocycles. The fraction of sp³-hybridized carbons (Fsp3) is 0.333. The number of nitrogens with zero attached hydrogens (tertiary/aromatic N) is 2. The molecular weight excluding hydrogens is 291 g/mol. The Kier molecular flexibility index (Phi) is 4.57. The number of carboxylic acids is 1. The number of thiazole rings is 1. The number of para-hydroxylation sites is 1. The van der Waals surface area contributed by atoms with Crippen molar-refractivity contribution in [3.05, 3.63) is 45.5 Å². The van der Waals surface area contributed by atoms with E-state index in [4.69, 9.17) is 0 Å². The number of carboxylic acid groups (broad SMARTS) is 1. The van der Waals surface area contributed by atoms with Crippen LogP contribution in [0.25, 0.3) is 0 Å². The van der Waals surface area contributed by atoms with Crippen LogP contribution in [0.5, 0.6) is 0 Å². The van der Waals surface area contributed by atoms with E-state index < -0.39 is 17.7 Å². The van der Waals surface area contributed by atoms with Gasteiger partial charge in [-0.1, -0.05) is 19.1 Å². The van der Waals surface area contributed by atoms with Gasteiger partial charge >= 0.3 is 5.97 Å². The van der Waals surface area contributed by atoms with Crippen molar-refractivity contribution in [3.8, 4) is 0 Å². The Morgan fingerprint density at radius 1 is 1.48 bits per heavy atom. The molecule has 1 aromatic heterocycles. The minimum absolute atomic E-state index is 0.254. The Labute approximate surface area is 126 Å². The van der Waals surface area contributed by atoms with E-state index in [9.17, 15) is 14.3 Å². The zero-order valence-corrected chi connectivity index (χ0v) is 12.9. The molecule has 6 heteroatoms. The van der Waals surface area contributed by atoms with Crippen LogP contribution in [0.15, 0.2) is 29.3 Å². The van der Waals surface area contributed by atoms with Crippen LogP contribution in [0.2, 0.25) is 0 Å². The minimum atomic E-state index is -0.855. The summed E-state index contributed by atoms with van der Waals surface area (Å²) in [5.74, 6) is -1.82. The van der Waals surface area contributed by atoms with Gasteiger partial charge in [-0.25, -0.2) is 9.38 Å². The summed E-state index contributed by atoms with van der Waals surface area (Å²) in [5.41, 5.74) is 0.981. The fourth-order valence-corrected chi connectivity index (χ4v) is 3.34. The minimum Gasteiger partial charge on any atom is -0.481 e. The summed E-state index contributed by atoms with van der Waals surface area (Å²) in [6, 6.07) is 6.28. The van der Waals surface area contributed by atoms with Crippen LogP contribution in [-0.4, -0.2) is 15.6 Å². The van der Waals surface area contributed by atoms with Crippen LogP contribution >= 0.6 is 11.3 Å². The Balaban J connectivity index is 2.59. The molecule has 0 bridgehead atoms. The van der Waals surface area contributed by atoms with E-state index in [0.717, 1.165) is 10.6 Å². The number of halogens is 1. The van der Waals surface area contributed by atoms with Crippen molar-refractivity contribution < 1.29 is 14.3 Å². The smallest absolute Gasteiger partial charge is 0.312 e. The Morgan fingerprint density at radius 2 is 2.14 bits per heavy atom. The van der Waals surface area contributed by atoms with Gasteiger partial charge in [0.25, 0.3) is 0 Å². The molecule has 1 aromatic carbocycles. The third kappa shape index (κ3) is 3.05. The highest BCUT2D eigenvalue weighted by atomic mass is 32.1. The predicted octanol–water partition coefficient (Wildman–Crippen LogP) is 3.34. The van der Waals surface area contributed by atoms with E-state index in [1.807, 2.05) is 13.8 Å². The van der Waals surface area contributed by atoms with Crippen LogP contribution in [-0.2, 0) is 11.8 Å². The summed E-state index contributed by atoms with van der Waals surface area (Å²) < 4.78 is 15.4. The van der Waals surface area contributed by atoms with Gasteiger partial charge in [-0.05, 0) is 25.5 Å². The predicted molar refractivity (Wildman–Crippen MR) is 80.3 cm³/mol. The summed E-state index contributed by atoms with van der Waals surface area (Å²) in [5, 5.41) is 9.32. The largest absolute Gasteiger partial charge is 0.481 e. The molecule has 0 saturated carbocycles. The number of aromatic nitrogens is 1. The first kappa shape index (κ1) is 15.4. The van der Waals surface area contributed by atoms with Crippen LogP contribution in [0.3, 0.4) is 0 Å². The maximum Gasteiger partial charge on any atom is 0.312 e. The maximum atomic E-state index is 13.7. The van der Waals surface area contributed by atoms with Gasteiger partial charge in [-0.3, -0.25) is 4.79 Å². The zero-order valence-electron chi connectivity index (χ0n) is 12.1. The van der Waals surface area contributed by atoms with Crippen molar-refractivity contribution in [1.29, 1.82) is 0 Å². The molecule has 2 rings (SSSR count). The highest BCUT2D eigenvalue weighted by Gasteiger charge is 2.23. The Hall–Kier alpha value is -1.95. The number of carbonyl (C=O) groups is 1. The molecule has 0 amide bonds. The zero-order chi connectivity index (χ0) is 15.6. The van der Waals surface area contributed by atoms with Crippen LogP contribution < -0.4 is 4.80 Å². The average molecular weight is 308 g/mol. The van der Waals surface area contributed by atoms with Gasteiger partial charge in [-0.15, -0.1) is 11.3 Å². The lowest BCUT2D eigenvalue weighted by Gasteiger charge is -2.12. The normalized spacial score (nSPS) is 13.4. The van der Waals surface area contributed by atoms with E-state index in [1.165, 1.54) is 17.4 Å².